The largest absolute Gasteiger partial charge is 0.340 e. The number of fused-ring (bicyclic) bond motifs is 1. The molecule has 0 saturated heterocycles. The summed E-state index contributed by atoms with van der Waals surface area (Å²) < 4.78 is 2.78. The van der Waals surface area contributed by atoms with Crippen molar-refractivity contribution in [3.05, 3.63) is 70.6 Å². The van der Waals surface area contributed by atoms with Crippen molar-refractivity contribution >= 4 is 17.1 Å². The normalized spacial score (nSPS) is 10.7. The van der Waals surface area contributed by atoms with Crippen LogP contribution in [0.4, 0.5) is 4.79 Å². The smallest absolute Gasteiger partial charge is 0.337 e. The number of hydrogen-bond donors (Lipinski definition) is 1. The Morgan fingerprint density at radius 2 is 1.62 bits per heavy atom. The Bertz CT molecular complexity index is 847. The van der Waals surface area contributed by atoms with E-state index in [1.807, 2.05) is 48.5 Å². The van der Waals surface area contributed by atoms with Crippen molar-refractivity contribution in [2.45, 2.75) is 6.54 Å². The summed E-state index contributed by atoms with van der Waals surface area (Å²) in [6.07, 6.45) is 0. The molecule has 0 aliphatic carbocycles. The summed E-state index contributed by atoms with van der Waals surface area (Å²) in [6.45, 7) is 0.435. The number of carbonyl (C=O) groups is 1. The van der Waals surface area contributed by atoms with Crippen molar-refractivity contribution in [1.29, 1.82) is 0 Å². The summed E-state index contributed by atoms with van der Waals surface area (Å²) in [4.78, 5) is 24.5. The van der Waals surface area contributed by atoms with Gasteiger partial charge in [0.2, 0.25) is 0 Å². The number of benzene rings is 2. The van der Waals surface area contributed by atoms with E-state index < -0.39 is 6.03 Å². The van der Waals surface area contributed by atoms with Gasteiger partial charge >= 0.3 is 11.7 Å². The Balaban J connectivity index is 2.21. The van der Waals surface area contributed by atoms with Crippen LogP contribution in [0, 0.1) is 0 Å². The average molecular weight is 281 g/mol. The molecule has 3 rings (SSSR count). The van der Waals surface area contributed by atoms with Crippen molar-refractivity contribution in [3.8, 4) is 0 Å². The maximum absolute atomic E-state index is 12.6. The molecule has 3 aromatic rings. The average Bonchev–Trinajstić information content (AvgIpc) is 2.80. The van der Waals surface area contributed by atoms with Crippen molar-refractivity contribution in [2.24, 2.45) is 0 Å². The van der Waals surface area contributed by atoms with Crippen LogP contribution >= 0.6 is 0 Å². The van der Waals surface area contributed by atoms with Gasteiger partial charge in [-0.15, -0.1) is 0 Å². The van der Waals surface area contributed by atoms with Crippen LogP contribution in [0.2, 0.25) is 0 Å². The van der Waals surface area contributed by atoms with Gasteiger partial charge in [-0.05, 0) is 17.7 Å². The van der Waals surface area contributed by atoms with Crippen molar-refractivity contribution < 1.29 is 4.79 Å². The van der Waals surface area contributed by atoms with Gasteiger partial charge < -0.3 is 5.32 Å². The van der Waals surface area contributed by atoms with E-state index in [4.69, 9.17) is 0 Å². The second-order valence-corrected chi connectivity index (χ2v) is 4.73. The number of para-hydroxylation sites is 2. The van der Waals surface area contributed by atoms with Gasteiger partial charge in [0.15, 0.2) is 0 Å². The Labute approximate surface area is 121 Å². The number of imidazole rings is 1. The van der Waals surface area contributed by atoms with Crippen LogP contribution in [0.25, 0.3) is 11.0 Å². The van der Waals surface area contributed by atoms with Crippen molar-refractivity contribution in [1.82, 2.24) is 14.5 Å². The topological polar surface area (TPSA) is 56.0 Å². The highest BCUT2D eigenvalue weighted by Gasteiger charge is 2.17. The van der Waals surface area contributed by atoms with E-state index in [2.05, 4.69) is 5.32 Å². The van der Waals surface area contributed by atoms with Crippen LogP contribution in [0.15, 0.2) is 59.4 Å². The van der Waals surface area contributed by atoms with E-state index >= 15 is 0 Å². The van der Waals surface area contributed by atoms with E-state index in [-0.39, 0.29) is 5.69 Å². The summed E-state index contributed by atoms with van der Waals surface area (Å²) >= 11 is 0. The van der Waals surface area contributed by atoms with Gasteiger partial charge in [0.25, 0.3) is 0 Å². The van der Waals surface area contributed by atoms with Crippen molar-refractivity contribution in [3.63, 3.8) is 0 Å². The molecular formula is C16H15N3O2. The second kappa shape index (κ2) is 5.28. The third kappa shape index (κ3) is 2.23. The van der Waals surface area contributed by atoms with Crippen LogP contribution < -0.4 is 11.0 Å². The third-order valence-electron chi connectivity index (χ3n) is 3.44. The molecule has 2 aromatic carbocycles. The SMILES string of the molecule is CNC(=O)n1c(=O)n(Cc2ccccc2)c2ccccc21. The number of aromatic nitrogens is 2. The molecule has 1 amide bonds. The Hall–Kier alpha value is -2.82. The first kappa shape index (κ1) is 13.2. The zero-order valence-corrected chi connectivity index (χ0v) is 11.6. The Kier molecular flexibility index (Phi) is 3.31. The molecule has 1 heterocycles. The Morgan fingerprint density at radius 1 is 1.00 bits per heavy atom. The van der Waals surface area contributed by atoms with Gasteiger partial charge in [-0.1, -0.05) is 42.5 Å². The van der Waals surface area contributed by atoms with E-state index in [1.54, 1.807) is 10.6 Å². The van der Waals surface area contributed by atoms with Crippen molar-refractivity contribution in [2.75, 3.05) is 7.05 Å². The predicted octanol–water partition coefficient (Wildman–Crippen LogP) is 2.04. The summed E-state index contributed by atoms with van der Waals surface area (Å²) in [7, 11) is 1.51. The summed E-state index contributed by atoms with van der Waals surface area (Å²) in [6, 6.07) is 16.6. The van der Waals surface area contributed by atoms with Gasteiger partial charge in [-0.25, -0.2) is 14.2 Å². The lowest BCUT2D eigenvalue weighted by Crippen LogP contribution is -2.35. The van der Waals surface area contributed by atoms with E-state index in [9.17, 15) is 9.59 Å². The van der Waals surface area contributed by atoms with Crippen LogP contribution in [0.1, 0.15) is 5.56 Å². The summed E-state index contributed by atoms with van der Waals surface area (Å²) in [5.41, 5.74) is 2.03. The minimum Gasteiger partial charge on any atom is -0.340 e. The van der Waals surface area contributed by atoms with Crippen LogP contribution in [-0.2, 0) is 6.54 Å². The van der Waals surface area contributed by atoms with E-state index in [0.717, 1.165) is 15.6 Å². The molecule has 0 unspecified atom stereocenters. The molecule has 0 aliphatic heterocycles. The van der Waals surface area contributed by atoms with Gasteiger partial charge in [0.1, 0.15) is 0 Å². The molecule has 106 valence electrons. The monoisotopic (exact) mass is 281 g/mol. The van der Waals surface area contributed by atoms with Gasteiger partial charge in [0.05, 0.1) is 17.6 Å². The maximum atomic E-state index is 12.6. The van der Waals surface area contributed by atoms with Gasteiger partial charge in [-0.3, -0.25) is 4.57 Å². The molecule has 0 fully saturated rings. The molecule has 1 N–H and O–H groups in total. The number of rotatable bonds is 2. The van der Waals surface area contributed by atoms with Crippen LogP contribution in [0.5, 0.6) is 0 Å². The summed E-state index contributed by atoms with van der Waals surface area (Å²) in [5, 5.41) is 2.50. The van der Waals surface area contributed by atoms with E-state index in [0.29, 0.717) is 12.1 Å². The Morgan fingerprint density at radius 3 is 2.29 bits per heavy atom. The lowest BCUT2D eigenvalue weighted by Gasteiger charge is -2.03. The zero-order chi connectivity index (χ0) is 14.8. The molecule has 0 spiro atoms. The third-order valence-corrected chi connectivity index (χ3v) is 3.44. The second-order valence-electron chi connectivity index (χ2n) is 4.73. The first-order valence-corrected chi connectivity index (χ1v) is 6.68. The quantitative estimate of drug-likeness (QED) is 0.781. The fourth-order valence-electron chi connectivity index (χ4n) is 2.44. The fourth-order valence-corrected chi connectivity index (χ4v) is 2.44. The number of hydrogen-bond acceptors (Lipinski definition) is 2. The predicted molar refractivity (Wildman–Crippen MR) is 81.6 cm³/mol. The molecule has 0 radical (unpaired) electrons. The zero-order valence-electron chi connectivity index (χ0n) is 11.6. The van der Waals surface area contributed by atoms with Gasteiger partial charge in [-0.2, -0.15) is 0 Å². The first-order chi connectivity index (χ1) is 10.2. The lowest BCUT2D eigenvalue weighted by atomic mass is 10.2. The highest BCUT2D eigenvalue weighted by Crippen LogP contribution is 2.14. The highest BCUT2D eigenvalue weighted by molar-refractivity contribution is 5.89. The standard InChI is InChI=1S/C16H15N3O2/c1-17-15(20)19-14-10-6-5-9-13(14)18(16(19)21)11-12-7-3-2-4-8-12/h2-10H,11H2,1H3,(H,17,20). The minimum absolute atomic E-state index is 0.334. The highest BCUT2D eigenvalue weighted by atomic mass is 16.2. The molecule has 5 heteroatoms. The first-order valence-electron chi connectivity index (χ1n) is 6.68. The molecule has 1 aromatic heterocycles. The minimum atomic E-state index is -0.428. The molecule has 21 heavy (non-hydrogen) atoms. The molecule has 5 nitrogen and oxygen atoms in total. The molecule has 0 saturated carbocycles. The van der Waals surface area contributed by atoms with Crippen LogP contribution in [-0.4, -0.2) is 22.2 Å². The molecule has 0 atom stereocenters. The maximum Gasteiger partial charge on any atom is 0.337 e. The number of carbonyl (C=O) groups excluding carboxylic acids is 1. The molecular weight excluding hydrogens is 266 g/mol. The summed E-state index contributed by atoms with van der Waals surface area (Å²) in [5.74, 6) is 0. The van der Waals surface area contributed by atoms with E-state index in [1.165, 1.54) is 7.05 Å². The molecule has 0 bridgehead atoms. The fraction of sp³-hybridized carbons (Fsp3) is 0.125. The number of amides is 1. The number of nitrogens with one attached hydrogen (secondary N) is 1. The number of nitrogens with zero attached hydrogens (tertiary/aromatic N) is 2. The lowest BCUT2D eigenvalue weighted by molar-refractivity contribution is 0.244. The van der Waals surface area contributed by atoms with Gasteiger partial charge in [0, 0.05) is 7.05 Å². The molecule has 0 aliphatic rings. The van der Waals surface area contributed by atoms with Crippen LogP contribution in [0.3, 0.4) is 0 Å².